The number of hydrogen-bond donors (Lipinski definition) is 1. The lowest BCUT2D eigenvalue weighted by molar-refractivity contribution is -0.152. The zero-order chi connectivity index (χ0) is 20.2. The summed E-state index contributed by atoms with van der Waals surface area (Å²) in [6.45, 7) is 2.33. The molecule has 1 N–H and O–H groups in total. The summed E-state index contributed by atoms with van der Waals surface area (Å²) in [5.41, 5.74) is -1.30. The van der Waals surface area contributed by atoms with Crippen molar-refractivity contribution in [2.24, 2.45) is 5.92 Å². The number of benzene rings is 1. The largest absolute Gasteiger partial charge is 0.466 e. The number of likely N-dealkylation sites (tertiary alicyclic amines) is 1. The van der Waals surface area contributed by atoms with E-state index in [0.717, 1.165) is 6.07 Å². The minimum Gasteiger partial charge on any atom is -0.466 e. The summed E-state index contributed by atoms with van der Waals surface area (Å²) in [6, 6.07) is 2.84. The van der Waals surface area contributed by atoms with E-state index in [9.17, 15) is 27.6 Å². The van der Waals surface area contributed by atoms with Gasteiger partial charge in [0.1, 0.15) is 0 Å². The minimum atomic E-state index is -4.68. The number of esters is 1. The van der Waals surface area contributed by atoms with Gasteiger partial charge in [-0.2, -0.15) is 13.2 Å². The smallest absolute Gasteiger partial charge is 0.417 e. The molecule has 0 atom stereocenters. The molecule has 1 aliphatic rings. The Kier molecular flexibility index (Phi) is 6.69. The molecule has 1 fully saturated rings. The van der Waals surface area contributed by atoms with E-state index in [2.05, 4.69) is 5.32 Å². The molecule has 0 unspecified atom stereocenters. The Morgan fingerprint density at radius 1 is 1.26 bits per heavy atom. The Balaban J connectivity index is 1.97. The van der Waals surface area contributed by atoms with E-state index in [1.54, 1.807) is 6.92 Å². The molecule has 0 radical (unpaired) electrons. The molecule has 2 rings (SSSR count). The van der Waals surface area contributed by atoms with E-state index >= 15 is 0 Å². The highest BCUT2D eigenvalue weighted by Gasteiger charge is 2.34. The van der Waals surface area contributed by atoms with Gasteiger partial charge in [-0.15, -0.1) is 0 Å². The second-order valence-electron chi connectivity index (χ2n) is 5.97. The lowest BCUT2D eigenvalue weighted by atomic mass is 9.97. The second-order valence-corrected chi connectivity index (χ2v) is 6.37. The Hall–Kier alpha value is -2.29. The van der Waals surface area contributed by atoms with Crippen molar-refractivity contribution in [1.82, 2.24) is 4.90 Å². The lowest BCUT2D eigenvalue weighted by Gasteiger charge is -2.30. The van der Waals surface area contributed by atoms with Gasteiger partial charge < -0.3 is 15.0 Å². The molecule has 1 aromatic rings. The fraction of sp³-hybridized carbons (Fsp3) is 0.471. The molecular formula is C17H18ClF3N2O4. The standard InChI is InChI=1S/C17H18ClF3N2O4/c1-2-27-16(26)10-5-7-23(8-6-10)15(25)14(24)22-11-3-4-13(18)12(9-11)17(19,20)21/h3-4,9-10H,2,5-8H2,1H3,(H,22,24). The molecule has 1 heterocycles. The fourth-order valence-corrected chi connectivity index (χ4v) is 2.95. The van der Waals surface area contributed by atoms with E-state index in [0.29, 0.717) is 18.9 Å². The van der Waals surface area contributed by atoms with E-state index < -0.39 is 28.6 Å². The van der Waals surface area contributed by atoms with Crippen LogP contribution in [0.25, 0.3) is 0 Å². The van der Waals surface area contributed by atoms with Crippen LogP contribution in [0.15, 0.2) is 18.2 Å². The molecule has 2 amide bonds. The van der Waals surface area contributed by atoms with E-state index in [4.69, 9.17) is 16.3 Å². The van der Waals surface area contributed by atoms with Crippen LogP contribution in [0.3, 0.4) is 0 Å². The molecule has 148 valence electrons. The molecule has 10 heteroatoms. The molecule has 1 saturated heterocycles. The third-order valence-electron chi connectivity index (χ3n) is 4.13. The number of nitrogens with one attached hydrogen (secondary N) is 1. The van der Waals surface area contributed by atoms with Crippen molar-refractivity contribution in [2.75, 3.05) is 25.0 Å². The van der Waals surface area contributed by atoms with Gasteiger partial charge in [0.05, 0.1) is 23.1 Å². The molecule has 27 heavy (non-hydrogen) atoms. The number of hydrogen-bond acceptors (Lipinski definition) is 4. The number of piperidine rings is 1. The third kappa shape index (κ3) is 5.35. The van der Waals surface area contributed by atoms with Crippen molar-refractivity contribution in [3.8, 4) is 0 Å². The van der Waals surface area contributed by atoms with Gasteiger partial charge in [-0.3, -0.25) is 14.4 Å². The Morgan fingerprint density at radius 2 is 1.89 bits per heavy atom. The minimum absolute atomic E-state index is 0.185. The lowest BCUT2D eigenvalue weighted by Crippen LogP contribution is -2.45. The van der Waals surface area contributed by atoms with Crippen molar-refractivity contribution < 1.29 is 32.3 Å². The van der Waals surface area contributed by atoms with Gasteiger partial charge in [-0.05, 0) is 38.0 Å². The number of anilines is 1. The average Bonchev–Trinajstić information content (AvgIpc) is 2.62. The Bertz CT molecular complexity index is 731. The van der Waals surface area contributed by atoms with Crippen LogP contribution >= 0.6 is 11.6 Å². The maximum absolute atomic E-state index is 12.9. The predicted molar refractivity (Wildman–Crippen MR) is 91.0 cm³/mol. The van der Waals surface area contributed by atoms with Crippen LogP contribution in [0.2, 0.25) is 5.02 Å². The quantitative estimate of drug-likeness (QED) is 0.618. The summed E-state index contributed by atoms with van der Waals surface area (Å²) < 4.78 is 43.5. The van der Waals surface area contributed by atoms with Crippen LogP contribution in [-0.2, 0) is 25.3 Å². The van der Waals surface area contributed by atoms with E-state index in [1.807, 2.05) is 0 Å². The number of nitrogens with zero attached hydrogens (tertiary/aromatic N) is 1. The molecule has 0 bridgehead atoms. The normalized spacial score (nSPS) is 15.4. The first kappa shape index (κ1) is 21.0. The van der Waals surface area contributed by atoms with Gasteiger partial charge in [0.15, 0.2) is 0 Å². The maximum atomic E-state index is 12.9. The third-order valence-corrected chi connectivity index (χ3v) is 4.46. The number of alkyl halides is 3. The average molecular weight is 407 g/mol. The number of carbonyl (C=O) groups excluding carboxylic acids is 3. The number of ether oxygens (including phenoxy) is 1. The maximum Gasteiger partial charge on any atom is 0.417 e. The first-order chi connectivity index (χ1) is 12.6. The van der Waals surface area contributed by atoms with E-state index in [1.165, 1.54) is 11.0 Å². The highest BCUT2D eigenvalue weighted by molar-refractivity contribution is 6.39. The van der Waals surface area contributed by atoms with Crippen molar-refractivity contribution >= 4 is 35.1 Å². The summed E-state index contributed by atoms with van der Waals surface area (Å²) in [6.07, 6.45) is -3.97. The van der Waals surface area contributed by atoms with Crippen LogP contribution in [0.4, 0.5) is 18.9 Å². The van der Waals surface area contributed by atoms with Crippen LogP contribution in [0, 0.1) is 5.92 Å². The van der Waals surface area contributed by atoms with Crippen LogP contribution in [-0.4, -0.2) is 42.4 Å². The summed E-state index contributed by atoms with van der Waals surface area (Å²) in [7, 11) is 0. The van der Waals surface area contributed by atoms with Crippen LogP contribution < -0.4 is 5.32 Å². The van der Waals surface area contributed by atoms with Gasteiger partial charge in [0.25, 0.3) is 0 Å². The number of rotatable bonds is 3. The van der Waals surface area contributed by atoms with Gasteiger partial charge in [0.2, 0.25) is 0 Å². The van der Waals surface area contributed by atoms with Crippen molar-refractivity contribution in [1.29, 1.82) is 0 Å². The molecule has 0 aromatic heterocycles. The van der Waals surface area contributed by atoms with Gasteiger partial charge in [0, 0.05) is 18.8 Å². The molecule has 0 spiro atoms. The first-order valence-corrected chi connectivity index (χ1v) is 8.65. The number of halogens is 4. The predicted octanol–water partition coefficient (Wildman–Crippen LogP) is 3.10. The second kappa shape index (κ2) is 8.60. The summed E-state index contributed by atoms with van der Waals surface area (Å²) >= 11 is 5.52. The summed E-state index contributed by atoms with van der Waals surface area (Å²) in [5, 5.41) is 1.65. The Morgan fingerprint density at radius 3 is 2.44 bits per heavy atom. The van der Waals surface area contributed by atoms with Crippen molar-refractivity contribution in [3.63, 3.8) is 0 Å². The van der Waals surface area contributed by atoms with Crippen LogP contribution in [0.5, 0.6) is 0 Å². The SMILES string of the molecule is CCOC(=O)C1CCN(C(=O)C(=O)Nc2ccc(Cl)c(C(F)(F)F)c2)CC1. The van der Waals surface area contributed by atoms with Crippen LogP contribution in [0.1, 0.15) is 25.3 Å². The molecular weight excluding hydrogens is 389 g/mol. The zero-order valence-corrected chi connectivity index (χ0v) is 15.2. The van der Waals surface area contributed by atoms with Gasteiger partial charge in [-0.25, -0.2) is 0 Å². The topological polar surface area (TPSA) is 75.7 Å². The first-order valence-electron chi connectivity index (χ1n) is 8.27. The van der Waals surface area contributed by atoms with E-state index in [-0.39, 0.29) is 37.3 Å². The van der Waals surface area contributed by atoms with Gasteiger partial charge >= 0.3 is 24.0 Å². The molecule has 0 saturated carbocycles. The Labute approximate surface area is 158 Å². The fourth-order valence-electron chi connectivity index (χ4n) is 2.73. The molecule has 1 aliphatic heterocycles. The monoisotopic (exact) mass is 406 g/mol. The molecule has 1 aromatic carbocycles. The number of carbonyl (C=O) groups is 3. The highest BCUT2D eigenvalue weighted by atomic mass is 35.5. The molecule has 6 nitrogen and oxygen atoms in total. The summed E-state index contributed by atoms with van der Waals surface area (Å²) in [4.78, 5) is 37.2. The molecule has 0 aliphatic carbocycles. The highest BCUT2D eigenvalue weighted by Crippen LogP contribution is 2.36. The zero-order valence-electron chi connectivity index (χ0n) is 14.4. The number of amides is 2. The van der Waals surface area contributed by atoms with Gasteiger partial charge in [-0.1, -0.05) is 11.6 Å². The van der Waals surface area contributed by atoms with Crippen molar-refractivity contribution in [2.45, 2.75) is 25.9 Å². The van der Waals surface area contributed by atoms with Crippen molar-refractivity contribution in [3.05, 3.63) is 28.8 Å². The summed E-state index contributed by atoms with van der Waals surface area (Å²) in [5.74, 6) is -2.60.